The maximum absolute atomic E-state index is 11.7. The lowest BCUT2D eigenvalue weighted by Gasteiger charge is -2.36. The minimum atomic E-state index is -1.75. The predicted molar refractivity (Wildman–Crippen MR) is 59.0 cm³/mol. The van der Waals surface area contributed by atoms with Gasteiger partial charge in [0.1, 0.15) is 6.10 Å². The molecule has 0 bridgehead atoms. The highest BCUT2D eigenvalue weighted by molar-refractivity contribution is 6.69. The van der Waals surface area contributed by atoms with E-state index in [9.17, 15) is 9.59 Å². The van der Waals surface area contributed by atoms with E-state index in [1.165, 1.54) is 11.9 Å². The Morgan fingerprint density at radius 3 is 2.27 bits per heavy atom. The molecule has 1 heterocycles. The van der Waals surface area contributed by atoms with Gasteiger partial charge in [-0.1, -0.05) is 0 Å². The van der Waals surface area contributed by atoms with Crippen molar-refractivity contribution in [2.45, 2.75) is 25.7 Å². The van der Waals surface area contributed by atoms with E-state index in [1.54, 1.807) is 7.05 Å². The number of carbonyl (C=O) groups excluding carboxylic acids is 2. The fraction of sp³-hybridized carbons (Fsp3) is 0.778. The molecule has 1 fully saturated rings. The summed E-state index contributed by atoms with van der Waals surface area (Å²) in [7, 11) is 1.41. The van der Waals surface area contributed by atoms with Gasteiger partial charge in [-0.3, -0.25) is 9.69 Å². The van der Waals surface area contributed by atoms with Gasteiger partial charge in [0.15, 0.2) is 8.32 Å². The monoisotopic (exact) mass is 230 g/mol. The molecule has 0 aromatic rings. The minimum absolute atomic E-state index is 0.236. The van der Waals surface area contributed by atoms with Crippen molar-refractivity contribution in [1.82, 2.24) is 9.80 Å². The predicted octanol–water partition coefficient (Wildman–Crippen LogP) is 0.730. The van der Waals surface area contributed by atoms with Gasteiger partial charge >= 0.3 is 6.03 Å². The molecule has 0 spiro atoms. The molecule has 1 aliphatic rings. The molecule has 0 N–H and O–H groups in total. The number of imide groups is 1. The molecule has 1 saturated heterocycles. The summed E-state index contributed by atoms with van der Waals surface area (Å²) in [4.78, 5) is 25.8. The number of rotatable bonds is 2. The first-order valence-electron chi connectivity index (χ1n) is 4.93. The molecule has 0 aliphatic carbocycles. The lowest BCUT2D eigenvalue weighted by atomic mass is 10.2. The summed E-state index contributed by atoms with van der Waals surface area (Å²) in [6.07, 6.45) is -0.496. The lowest BCUT2D eigenvalue weighted by molar-refractivity contribution is -0.138. The molecule has 15 heavy (non-hydrogen) atoms. The van der Waals surface area contributed by atoms with Crippen molar-refractivity contribution >= 4 is 20.3 Å². The van der Waals surface area contributed by atoms with Crippen LogP contribution in [0.15, 0.2) is 0 Å². The molecule has 0 saturated carbocycles. The van der Waals surface area contributed by atoms with Gasteiger partial charge in [-0.25, -0.2) is 4.79 Å². The fourth-order valence-corrected chi connectivity index (χ4v) is 2.51. The SMILES string of the molecule is CN1CC(O[Si](C)(C)C)C(=O)N(C)C1=O. The summed E-state index contributed by atoms with van der Waals surface area (Å²) < 4.78 is 5.73. The van der Waals surface area contributed by atoms with Crippen LogP contribution in [-0.4, -0.2) is 56.8 Å². The lowest BCUT2D eigenvalue weighted by Crippen LogP contribution is -2.58. The Labute approximate surface area is 91.1 Å². The van der Waals surface area contributed by atoms with Crippen LogP contribution in [0.4, 0.5) is 4.79 Å². The molecule has 0 radical (unpaired) electrons. The number of likely N-dealkylation sites (N-methyl/N-ethyl adjacent to an activating group) is 2. The van der Waals surface area contributed by atoms with Crippen molar-refractivity contribution in [3.8, 4) is 0 Å². The molecular formula is C9H18N2O3Si. The van der Waals surface area contributed by atoms with Crippen LogP contribution >= 0.6 is 0 Å². The molecule has 1 aliphatic heterocycles. The largest absolute Gasteiger partial charge is 0.404 e. The van der Waals surface area contributed by atoms with Crippen molar-refractivity contribution in [3.05, 3.63) is 0 Å². The van der Waals surface area contributed by atoms with Gasteiger partial charge in [-0.15, -0.1) is 0 Å². The molecule has 5 nitrogen and oxygen atoms in total. The maximum Gasteiger partial charge on any atom is 0.326 e. The van der Waals surface area contributed by atoms with Crippen LogP contribution < -0.4 is 0 Å². The second-order valence-corrected chi connectivity index (χ2v) is 9.24. The van der Waals surface area contributed by atoms with E-state index in [4.69, 9.17) is 4.43 Å². The van der Waals surface area contributed by atoms with E-state index in [0.717, 1.165) is 4.90 Å². The van der Waals surface area contributed by atoms with Gasteiger partial charge in [0, 0.05) is 14.1 Å². The minimum Gasteiger partial charge on any atom is -0.404 e. The van der Waals surface area contributed by atoms with Crippen LogP contribution in [0.1, 0.15) is 0 Å². The number of urea groups is 1. The molecular weight excluding hydrogens is 212 g/mol. The zero-order valence-electron chi connectivity index (χ0n) is 9.90. The Morgan fingerprint density at radius 2 is 1.80 bits per heavy atom. The molecule has 3 amide bonds. The van der Waals surface area contributed by atoms with Gasteiger partial charge in [0.25, 0.3) is 5.91 Å². The Hall–Kier alpha value is -0.883. The Bertz CT molecular complexity index is 288. The van der Waals surface area contributed by atoms with E-state index < -0.39 is 14.4 Å². The van der Waals surface area contributed by atoms with Crippen molar-refractivity contribution in [1.29, 1.82) is 0 Å². The van der Waals surface area contributed by atoms with Crippen LogP contribution in [0.25, 0.3) is 0 Å². The number of hydrogen-bond donors (Lipinski definition) is 0. The normalized spacial score (nSPS) is 23.7. The summed E-state index contributed by atoms with van der Waals surface area (Å²) in [6, 6.07) is -0.268. The molecule has 1 unspecified atom stereocenters. The molecule has 1 rings (SSSR count). The second kappa shape index (κ2) is 3.94. The zero-order valence-corrected chi connectivity index (χ0v) is 10.9. The van der Waals surface area contributed by atoms with Crippen LogP contribution in [0.3, 0.4) is 0 Å². The van der Waals surface area contributed by atoms with Crippen LogP contribution in [0.2, 0.25) is 19.6 Å². The van der Waals surface area contributed by atoms with E-state index >= 15 is 0 Å². The van der Waals surface area contributed by atoms with E-state index in [1.807, 2.05) is 19.6 Å². The van der Waals surface area contributed by atoms with E-state index in [-0.39, 0.29) is 11.9 Å². The molecule has 0 aromatic carbocycles. The quantitative estimate of drug-likeness (QED) is 0.657. The third-order valence-corrected chi connectivity index (χ3v) is 3.15. The van der Waals surface area contributed by atoms with Gasteiger partial charge in [0.05, 0.1) is 6.54 Å². The van der Waals surface area contributed by atoms with Crippen LogP contribution in [0.5, 0.6) is 0 Å². The first-order valence-corrected chi connectivity index (χ1v) is 8.33. The highest BCUT2D eigenvalue weighted by Crippen LogP contribution is 2.15. The molecule has 6 heteroatoms. The summed E-state index contributed by atoms with van der Waals surface area (Å²) in [6.45, 7) is 6.43. The maximum atomic E-state index is 11.7. The van der Waals surface area contributed by atoms with Gasteiger partial charge in [-0.05, 0) is 19.6 Å². The Morgan fingerprint density at radius 1 is 1.27 bits per heavy atom. The Balaban J connectivity index is 2.75. The molecule has 86 valence electrons. The number of carbonyl (C=O) groups is 2. The topological polar surface area (TPSA) is 49.9 Å². The number of amides is 3. The molecule has 0 aromatic heterocycles. The summed E-state index contributed by atoms with van der Waals surface area (Å²) in [5.74, 6) is -0.236. The van der Waals surface area contributed by atoms with Crippen LogP contribution in [0, 0.1) is 0 Å². The highest BCUT2D eigenvalue weighted by atomic mass is 28.4. The number of nitrogens with zero attached hydrogens (tertiary/aromatic N) is 2. The average Bonchev–Trinajstić information content (AvgIpc) is 2.08. The first-order chi connectivity index (χ1) is 6.72. The molecule has 1 atom stereocenters. The standard InChI is InChI=1S/C9H18N2O3Si/c1-10-6-7(14-15(3,4)5)8(12)11(2)9(10)13/h7H,6H2,1-5H3. The zero-order chi connectivity index (χ0) is 11.8. The summed E-state index contributed by atoms with van der Waals surface area (Å²) in [5, 5.41) is 0. The van der Waals surface area contributed by atoms with Crippen molar-refractivity contribution < 1.29 is 14.0 Å². The number of hydrogen-bond acceptors (Lipinski definition) is 3. The summed E-state index contributed by atoms with van der Waals surface area (Å²) in [5.41, 5.74) is 0. The van der Waals surface area contributed by atoms with E-state index in [0.29, 0.717) is 6.54 Å². The van der Waals surface area contributed by atoms with E-state index in [2.05, 4.69) is 0 Å². The van der Waals surface area contributed by atoms with Gasteiger partial charge in [0.2, 0.25) is 0 Å². The summed E-state index contributed by atoms with van der Waals surface area (Å²) >= 11 is 0. The average molecular weight is 230 g/mol. The third-order valence-electron chi connectivity index (χ3n) is 2.15. The van der Waals surface area contributed by atoms with Crippen molar-refractivity contribution in [2.75, 3.05) is 20.6 Å². The highest BCUT2D eigenvalue weighted by Gasteiger charge is 2.38. The van der Waals surface area contributed by atoms with Crippen molar-refractivity contribution in [2.24, 2.45) is 0 Å². The third kappa shape index (κ3) is 2.79. The van der Waals surface area contributed by atoms with Crippen molar-refractivity contribution in [3.63, 3.8) is 0 Å². The Kier molecular flexibility index (Phi) is 3.20. The second-order valence-electron chi connectivity index (χ2n) is 4.78. The first kappa shape index (κ1) is 12.2. The van der Waals surface area contributed by atoms with Gasteiger partial charge in [-0.2, -0.15) is 0 Å². The van der Waals surface area contributed by atoms with Crippen LogP contribution in [-0.2, 0) is 9.22 Å². The smallest absolute Gasteiger partial charge is 0.326 e. The fourth-order valence-electron chi connectivity index (χ4n) is 1.49. The van der Waals surface area contributed by atoms with Gasteiger partial charge < -0.3 is 9.33 Å².